The quantitative estimate of drug-likeness (QED) is 0.851. The van der Waals surface area contributed by atoms with E-state index in [0.29, 0.717) is 11.7 Å². The highest BCUT2D eigenvalue weighted by molar-refractivity contribution is 7.13. The minimum absolute atomic E-state index is 0.0211. The fraction of sp³-hybridized carbons (Fsp3) is 0.714. The van der Waals surface area contributed by atoms with E-state index in [1.807, 2.05) is 0 Å². The summed E-state index contributed by atoms with van der Waals surface area (Å²) in [4.78, 5) is 20.1. The summed E-state index contributed by atoms with van der Waals surface area (Å²) < 4.78 is 0. The van der Waals surface area contributed by atoms with Gasteiger partial charge in [0.15, 0.2) is 5.13 Å². The molecule has 2 aliphatic rings. The molecule has 3 rings (SSSR count). The minimum Gasteiger partial charge on any atom is -0.396 e. The first-order valence-corrected chi connectivity index (χ1v) is 8.25. The number of amides is 1. The standard InChI is InChI=1S/C14H22N4O2S/c1-17-5-2-3-14(9-19)4-6-18(7-11(14)17)13-16-10(8-21-13)12(15)20/h8,11,19H,2-7,9H2,1H3,(H2,15,20)/t11-,14-/m1/s1. The van der Waals surface area contributed by atoms with Crippen LogP contribution in [0.4, 0.5) is 5.13 Å². The number of hydrogen-bond donors (Lipinski definition) is 2. The van der Waals surface area contributed by atoms with Crippen LogP contribution in [0, 0.1) is 5.41 Å². The molecule has 0 saturated carbocycles. The number of carbonyl (C=O) groups is 1. The van der Waals surface area contributed by atoms with Crippen LogP contribution in [-0.2, 0) is 0 Å². The maximum Gasteiger partial charge on any atom is 0.268 e. The second-order valence-corrected chi connectivity index (χ2v) is 7.03. The van der Waals surface area contributed by atoms with Crippen molar-refractivity contribution in [3.8, 4) is 0 Å². The number of carbonyl (C=O) groups excluding carboxylic acids is 1. The minimum atomic E-state index is -0.478. The highest BCUT2D eigenvalue weighted by Gasteiger charge is 2.46. The lowest BCUT2D eigenvalue weighted by atomic mass is 9.69. The molecular formula is C14H22N4O2S. The molecule has 7 heteroatoms. The van der Waals surface area contributed by atoms with Gasteiger partial charge >= 0.3 is 0 Å². The average molecular weight is 310 g/mol. The van der Waals surface area contributed by atoms with Gasteiger partial charge in [0.25, 0.3) is 5.91 Å². The van der Waals surface area contributed by atoms with Crippen molar-refractivity contribution in [2.45, 2.75) is 25.3 Å². The molecular weight excluding hydrogens is 288 g/mol. The highest BCUT2D eigenvalue weighted by Crippen LogP contribution is 2.42. The number of primary amides is 1. The van der Waals surface area contributed by atoms with Crippen molar-refractivity contribution in [1.82, 2.24) is 9.88 Å². The van der Waals surface area contributed by atoms with Gasteiger partial charge in [0.05, 0.1) is 6.61 Å². The smallest absolute Gasteiger partial charge is 0.268 e. The molecule has 1 aromatic heterocycles. The van der Waals surface area contributed by atoms with Gasteiger partial charge in [0.1, 0.15) is 5.69 Å². The molecule has 0 spiro atoms. The van der Waals surface area contributed by atoms with E-state index in [0.717, 1.165) is 44.0 Å². The van der Waals surface area contributed by atoms with Gasteiger partial charge in [-0.05, 0) is 32.9 Å². The van der Waals surface area contributed by atoms with Crippen LogP contribution in [0.2, 0.25) is 0 Å². The Morgan fingerprint density at radius 3 is 3.05 bits per heavy atom. The molecule has 2 atom stereocenters. The van der Waals surface area contributed by atoms with Crippen molar-refractivity contribution in [2.24, 2.45) is 11.1 Å². The van der Waals surface area contributed by atoms with Crippen LogP contribution < -0.4 is 10.6 Å². The van der Waals surface area contributed by atoms with Gasteiger partial charge < -0.3 is 20.6 Å². The second-order valence-electron chi connectivity index (χ2n) is 6.20. The zero-order valence-corrected chi connectivity index (χ0v) is 13.1. The predicted octanol–water partition coefficient (Wildman–Crippen LogP) is 0.525. The summed E-state index contributed by atoms with van der Waals surface area (Å²) in [5, 5.41) is 12.5. The van der Waals surface area contributed by atoms with Crippen LogP contribution in [0.15, 0.2) is 5.38 Å². The number of rotatable bonds is 3. The van der Waals surface area contributed by atoms with Crippen molar-refractivity contribution in [3.05, 3.63) is 11.1 Å². The van der Waals surface area contributed by atoms with Crippen molar-refractivity contribution in [2.75, 3.05) is 38.2 Å². The first-order valence-electron chi connectivity index (χ1n) is 7.37. The molecule has 0 bridgehead atoms. The fourth-order valence-corrected chi connectivity index (χ4v) is 4.56. The van der Waals surface area contributed by atoms with Crippen molar-refractivity contribution in [3.63, 3.8) is 0 Å². The molecule has 116 valence electrons. The summed E-state index contributed by atoms with van der Waals surface area (Å²) in [7, 11) is 2.13. The molecule has 0 unspecified atom stereocenters. The molecule has 0 aliphatic carbocycles. The third kappa shape index (κ3) is 2.54. The number of hydrogen-bond acceptors (Lipinski definition) is 6. The zero-order chi connectivity index (χ0) is 15.0. The van der Waals surface area contributed by atoms with E-state index < -0.39 is 5.91 Å². The van der Waals surface area contributed by atoms with Gasteiger partial charge in [-0.25, -0.2) is 4.98 Å². The van der Waals surface area contributed by atoms with E-state index in [4.69, 9.17) is 5.73 Å². The number of likely N-dealkylation sites (N-methyl/N-ethyl adjacent to an activating group) is 1. The van der Waals surface area contributed by atoms with E-state index in [9.17, 15) is 9.90 Å². The SMILES string of the molecule is CN1CCC[C@]2(CO)CCN(c3nc(C(N)=O)cs3)C[C@@H]12. The Kier molecular flexibility index (Phi) is 3.90. The Morgan fingerprint density at radius 1 is 1.57 bits per heavy atom. The third-order valence-corrected chi connectivity index (χ3v) is 5.93. The molecule has 2 aliphatic heterocycles. The molecule has 0 aromatic carbocycles. The van der Waals surface area contributed by atoms with Crippen LogP contribution >= 0.6 is 11.3 Å². The normalized spacial score (nSPS) is 30.2. The van der Waals surface area contributed by atoms with Crippen molar-refractivity contribution < 1.29 is 9.90 Å². The van der Waals surface area contributed by atoms with E-state index in [2.05, 4.69) is 21.8 Å². The van der Waals surface area contributed by atoms with E-state index in [1.165, 1.54) is 11.3 Å². The summed E-state index contributed by atoms with van der Waals surface area (Å²) in [5.41, 5.74) is 5.63. The lowest BCUT2D eigenvalue weighted by Gasteiger charge is -2.53. The molecule has 3 N–H and O–H groups in total. The third-order valence-electron chi connectivity index (χ3n) is 5.03. The zero-order valence-electron chi connectivity index (χ0n) is 12.3. The number of piperidine rings is 2. The fourth-order valence-electron chi connectivity index (χ4n) is 3.71. The number of nitrogens with two attached hydrogens (primary N) is 1. The monoisotopic (exact) mass is 310 g/mol. The summed E-state index contributed by atoms with van der Waals surface area (Å²) >= 11 is 1.46. The van der Waals surface area contributed by atoms with Gasteiger partial charge in [0.2, 0.25) is 0 Å². The van der Waals surface area contributed by atoms with Crippen LogP contribution in [-0.4, -0.2) is 60.2 Å². The number of aliphatic hydroxyl groups excluding tert-OH is 1. The number of fused-ring (bicyclic) bond motifs is 1. The molecule has 3 heterocycles. The Bertz CT molecular complexity index is 535. The molecule has 1 aromatic rings. The summed E-state index contributed by atoms with van der Waals surface area (Å²) in [6.45, 7) is 3.05. The van der Waals surface area contributed by atoms with Gasteiger partial charge in [-0.15, -0.1) is 11.3 Å². The number of likely N-dealkylation sites (tertiary alicyclic amines) is 1. The van der Waals surface area contributed by atoms with Crippen LogP contribution in [0.25, 0.3) is 0 Å². The van der Waals surface area contributed by atoms with Gasteiger partial charge in [-0.3, -0.25) is 4.79 Å². The summed E-state index contributed by atoms with van der Waals surface area (Å²) in [6, 6.07) is 0.339. The Balaban J connectivity index is 1.80. The number of aromatic nitrogens is 1. The van der Waals surface area contributed by atoms with Crippen LogP contribution in [0.5, 0.6) is 0 Å². The van der Waals surface area contributed by atoms with E-state index in [-0.39, 0.29) is 12.0 Å². The number of thiazole rings is 1. The first-order chi connectivity index (χ1) is 10.1. The van der Waals surface area contributed by atoms with Crippen molar-refractivity contribution in [1.29, 1.82) is 0 Å². The topological polar surface area (TPSA) is 82.7 Å². The largest absolute Gasteiger partial charge is 0.396 e. The van der Waals surface area contributed by atoms with E-state index >= 15 is 0 Å². The molecule has 2 fully saturated rings. The highest BCUT2D eigenvalue weighted by atomic mass is 32.1. The Hall–Kier alpha value is -1.18. The molecule has 6 nitrogen and oxygen atoms in total. The molecule has 0 radical (unpaired) electrons. The Labute approximate surface area is 128 Å². The first kappa shape index (κ1) is 14.7. The summed E-state index contributed by atoms with van der Waals surface area (Å²) in [6.07, 6.45) is 3.21. The lowest BCUT2D eigenvalue weighted by Crippen LogP contribution is -2.61. The number of nitrogens with zero attached hydrogens (tertiary/aromatic N) is 3. The van der Waals surface area contributed by atoms with Gasteiger partial charge in [0, 0.05) is 29.9 Å². The lowest BCUT2D eigenvalue weighted by molar-refractivity contribution is -0.0276. The van der Waals surface area contributed by atoms with Gasteiger partial charge in [-0.1, -0.05) is 0 Å². The second kappa shape index (κ2) is 5.55. The van der Waals surface area contributed by atoms with Gasteiger partial charge in [-0.2, -0.15) is 0 Å². The molecule has 1 amide bonds. The van der Waals surface area contributed by atoms with E-state index in [1.54, 1.807) is 5.38 Å². The average Bonchev–Trinajstić information content (AvgIpc) is 2.97. The number of aliphatic hydroxyl groups is 1. The molecule has 21 heavy (non-hydrogen) atoms. The Morgan fingerprint density at radius 2 is 2.38 bits per heavy atom. The van der Waals surface area contributed by atoms with Crippen LogP contribution in [0.3, 0.4) is 0 Å². The maximum absolute atomic E-state index is 11.2. The maximum atomic E-state index is 11.2. The molecule has 2 saturated heterocycles. The number of anilines is 1. The predicted molar refractivity (Wildman–Crippen MR) is 82.6 cm³/mol. The summed E-state index contributed by atoms with van der Waals surface area (Å²) in [5.74, 6) is -0.478. The van der Waals surface area contributed by atoms with Crippen molar-refractivity contribution >= 4 is 22.4 Å². The van der Waals surface area contributed by atoms with Crippen LogP contribution in [0.1, 0.15) is 29.8 Å².